The van der Waals surface area contributed by atoms with E-state index in [9.17, 15) is 45.3 Å². The summed E-state index contributed by atoms with van der Waals surface area (Å²) in [7, 11) is 1.84. The number of fused-ring (bicyclic) bond motifs is 5. The number of guanidine groups is 1. The molecule has 20 heteroatoms. The highest BCUT2D eigenvalue weighted by Crippen LogP contribution is 2.54. The molecule has 0 amide bonds. The van der Waals surface area contributed by atoms with E-state index in [1.165, 1.54) is 19.1 Å². The van der Waals surface area contributed by atoms with Crippen molar-refractivity contribution < 1.29 is 73.9 Å². The van der Waals surface area contributed by atoms with E-state index in [2.05, 4.69) is 27.5 Å². The number of aldehydes is 1. The predicted octanol–water partition coefficient (Wildman–Crippen LogP) is 2.34. The number of aliphatic hydroxyl groups excluding tert-OH is 3. The van der Waals surface area contributed by atoms with Crippen LogP contribution in [0.3, 0.4) is 0 Å². The summed E-state index contributed by atoms with van der Waals surface area (Å²) in [6.45, 7) is 2.40. The first kappa shape index (κ1) is 57.4. The quantitative estimate of drug-likeness (QED) is 0.0281. The standard InChI is InChI=1S/C61H69N5O15/c1-30-56(74)61(76,77)57(78-29-40-18-19-65-59(63)66-40)58(79-30)81-55-43-9-5-8-39(62)15-16-41(70)22-33-7-4-6-32(20-33)10-17-42-46(80-31(2)69)24-37(27-67)47-48(42)54(73)49(43)50(53(47)72)52(71)44(55)23-36-12-11-35-13-14-38-21-34(26-64-3)25-60(38,75)51(35)45(36)28-68/h4,6-7,10-12,17,20,24,28,30,34,38-41,56-58,64,67,70-71,74-77H,9,13-16,18-19,21-23,25-27,29,62H2,1-3H3,(H3,63,65,66)/b17-10+/t30-,34+,38+,39-,40+,41+,56+,57-,58+,60+/m0/s1. The number of esters is 1. The number of phenolic OH excluding ortho intramolecular Hbond substituents is 1. The normalized spacial score (nSPS) is 27.9. The second kappa shape index (κ2) is 23.2. The number of benzene rings is 4. The zero-order chi connectivity index (χ0) is 57.7. The lowest BCUT2D eigenvalue weighted by atomic mass is 9.70. The molecule has 2 aliphatic heterocycles. The number of hydrogen-bond acceptors (Lipinski definition) is 20. The molecule has 20 nitrogen and oxygen atoms in total. The zero-order valence-electron chi connectivity index (χ0n) is 45.4. The highest BCUT2D eigenvalue weighted by atomic mass is 16.7. The molecule has 6 aliphatic rings. The van der Waals surface area contributed by atoms with Gasteiger partial charge >= 0.3 is 5.97 Å². The molecule has 4 bridgehead atoms. The Labute approximate surface area is 468 Å². The van der Waals surface area contributed by atoms with E-state index in [4.69, 9.17) is 30.4 Å². The first-order valence-electron chi connectivity index (χ1n) is 27.5. The molecule has 1 saturated heterocycles. The van der Waals surface area contributed by atoms with Gasteiger partial charge in [-0.3, -0.25) is 24.2 Å². The molecule has 2 fully saturated rings. The van der Waals surface area contributed by atoms with E-state index >= 15 is 9.59 Å². The maximum absolute atomic E-state index is 16.1. The molecule has 81 heavy (non-hydrogen) atoms. The minimum Gasteiger partial charge on any atom is -0.507 e. The molecule has 2 heterocycles. The van der Waals surface area contributed by atoms with Gasteiger partial charge in [-0.05, 0) is 129 Å². The molecule has 0 spiro atoms. The molecular weight excluding hydrogens is 1040 g/mol. The maximum atomic E-state index is 16.1. The van der Waals surface area contributed by atoms with Gasteiger partial charge in [0.05, 0.1) is 48.7 Å². The number of carbonyl (C=O) groups excluding carboxylic acids is 4. The van der Waals surface area contributed by atoms with E-state index in [1.54, 1.807) is 24.3 Å². The summed E-state index contributed by atoms with van der Waals surface area (Å²) >= 11 is 0. The number of nitrogens with zero attached hydrogens (tertiary/aromatic N) is 1. The third-order valence-electron chi connectivity index (χ3n) is 16.8. The van der Waals surface area contributed by atoms with E-state index < -0.39 is 108 Å². The van der Waals surface area contributed by atoms with Crippen LogP contribution in [-0.4, -0.2) is 141 Å². The van der Waals surface area contributed by atoms with Crippen LogP contribution >= 0.6 is 0 Å². The molecule has 1 saturated carbocycles. The van der Waals surface area contributed by atoms with Crippen molar-refractivity contribution in [3.05, 3.63) is 120 Å². The molecule has 0 radical (unpaired) electrons. The van der Waals surface area contributed by atoms with Crippen LogP contribution in [0, 0.1) is 23.7 Å². The molecule has 10 rings (SSSR count). The van der Waals surface area contributed by atoms with Crippen LogP contribution in [0.2, 0.25) is 0 Å². The zero-order valence-corrected chi connectivity index (χ0v) is 45.4. The molecule has 0 unspecified atom stereocenters. The first-order chi connectivity index (χ1) is 38.7. The number of aliphatic hydroxyl groups is 6. The van der Waals surface area contributed by atoms with E-state index in [-0.39, 0.29) is 99.7 Å². The van der Waals surface area contributed by atoms with Crippen molar-refractivity contribution in [2.24, 2.45) is 28.3 Å². The van der Waals surface area contributed by atoms with Gasteiger partial charge in [-0.1, -0.05) is 54.3 Å². The summed E-state index contributed by atoms with van der Waals surface area (Å²) in [4.78, 5) is 62.5. The Hall–Kier alpha value is -6.87. The number of hydrogen-bond donors (Lipinski definition) is 11. The average Bonchev–Trinajstić information content (AvgIpc) is 2.35. The minimum absolute atomic E-state index is 0.0397. The minimum atomic E-state index is -3.09. The molecular formula is C61H69N5O15. The highest BCUT2D eigenvalue weighted by Gasteiger charge is 2.57. The molecule has 428 valence electrons. The number of aliphatic imine (C=N–C) groups is 1. The van der Waals surface area contributed by atoms with Crippen LogP contribution in [-0.2, 0) is 52.2 Å². The lowest BCUT2D eigenvalue weighted by Gasteiger charge is -2.46. The van der Waals surface area contributed by atoms with Crippen LogP contribution < -0.4 is 31.6 Å². The Morgan fingerprint density at radius 2 is 1.80 bits per heavy atom. The van der Waals surface area contributed by atoms with Gasteiger partial charge in [-0.25, -0.2) is 0 Å². The molecule has 10 atom stereocenters. The van der Waals surface area contributed by atoms with Gasteiger partial charge in [0.15, 0.2) is 29.9 Å². The number of aryl methyl sites for hydroxylation is 1. The SMILES string of the molecule is CNC[C@@H]1C[C@H]2CCc3ccc(Cc4c(O)c5c6c(c4O[C@H]4O[C@@H](C)[C@@H](O)C(O)(O)[C@H]4OC[C@H]4CCN=C(N)N4)CC#C[C@H](N)CC[C@@H](O)Cc4cccc(c4)/C=C/c4c(OC(C)=O)cc(CO)c(c4C6=O)C5=O)c(C=O)c3[C@@]2(O)C1. The van der Waals surface area contributed by atoms with Crippen LogP contribution in [0.15, 0.2) is 47.5 Å². The van der Waals surface area contributed by atoms with Gasteiger partial charge < -0.3 is 76.8 Å². The molecule has 4 aliphatic carbocycles. The van der Waals surface area contributed by atoms with Gasteiger partial charge in [0.1, 0.15) is 23.4 Å². The monoisotopic (exact) mass is 1110 g/mol. The Kier molecular flexibility index (Phi) is 16.4. The van der Waals surface area contributed by atoms with E-state index in [1.807, 2.05) is 25.2 Å². The maximum Gasteiger partial charge on any atom is 0.308 e. The van der Waals surface area contributed by atoms with Crippen molar-refractivity contribution in [2.45, 2.75) is 139 Å². The van der Waals surface area contributed by atoms with Crippen molar-refractivity contribution in [1.82, 2.24) is 10.6 Å². The summed E-state index contributed by atoms with van der Waals surface area (Å²) in [6, 6.07) is 10.7. The summed E-state index contributed by atoms with van der Waals surface area (Å²) in [5.41, 5.74) is 12.2. The van der Waals surface area contributed by atoms with E-state index in [0.717, 1.165) is 18.1 Å². The number of aromatic hydroxyl groups is 1. The van der Waals surface area contributed by atoms with Crippen LogP contribution in [0.25, 0.3) is 12.2 Å². The molecule has 4 aromatic rings. The van der Waals surface area contributed by atoms with Crippen LogP contribution in [0.5, 0.6) is 17.2 Å². The fourth-order valence-electron chi connectivity index (χ4n) is 13.0. The summed E-state index contributed by atoms with van der Waals surface area (Å²) in [6.07, 6.45) is -1.58. The Balaban J connectivity index is 1.24. The highest BCUT2D eigenvalue weighted by molar-refractivity contribution is 6.32. The van der Waals surface area contributed by atoms with Crippen LogP contribution in [0.1, 0.15) is 145 Å². The second-order valence-electron chi connectivity index (χ2n) is 22.3. The Bertz CT molecular complexity index is 3310. The number of ketones is 2. The number of nitrogens with two attached hydrogens (primary N) is 2. The lowest BCUT2D eigenvalue weighted by Crippen LogP contribution is -2.68. The van der Waals surface area contributed by atoms with Gasteiger partial charge in [0.2, 0.25) is 12.1 Å². The van der Waals surface area contributed by atoms with Gasteiger partial charge in [0.25, 0.3) is 0 Å². The number of carbonyl (C=O) groups is 4. The number of ether oxygens (including phenoxy) is 4. The van der Waals surface area contributed by atoms with E-state index in [0.29, 0.717) is 62.6 Å². The summed E-state index contributed by atoms with van der Waals surface area (Å²) in [5, 5.41) is 89.3. The largest absolute Gasteiger partial charge is 0.507 e. The van der Waals surface area contributed by atoms with Crippen molar-refractivity contribution in [2.75, 3.05) is 26.7 Å². The van der Waals surface area contributed by atoms with Crippen LogP contribution in [0.4, 0.5) is 0 Å². The van der Waals surface area contributed by atoms with Crippen molar-refractivity contribution >= 4 is 41.9 Å². The second-order valence-corrected chi connectivity index (χ2v) is 22.3. The van der Waals surface area contributed by atoms with Crippen molar-refractivity contribution in [1.29, 1.82) is 0 Å². The van der Waals surface area contributed by atoms with Crippen molar-refractivity contribution in [3.8, 4) is 29.1 Å². The molecule has 4 aromatic carbocycles. The van der Waals surface area contributed by atoms with Gasteiger partial charge in [-0.2, -0.15) is 0 Å². The van der Waals surface area contributed by atoms with Gasteiger partial charge in [-0.15, -0.1) is 0 Å². The lowest BCUT2D eigenvalue weighted by molar-refractivity contribution is -0.379. The summed E-state index contributed by atoms with van der Waals surface area (Å²) < 4.78 is 25.1. The molecule has 13 N–H and O–H groups in total. The fraction of sp³-hybridized carbons (Fsp3) is 0.459. The predicted molar refractivity (Wildman–Crippen MR) is 295 cm³/mol. The van der Waals surface area contributed by atoms with Gasteiger partial charge in [0, 0.05) is 65.3 Å². The number of rotatable bonds is 12. The Morgan fingerprint density at radius 3 is 2.54 bits per heavy atom. The number of nitrogens with one attached hydrogen (secondary N) is 2. The fourth-order valence-corrected chi connectivity index (χ4v) is 13.0. The first-order valence-corrected chi connectivity index (χ1v) is 27.5. The topological polar surface area (TPSA) is 335 Å². The third-order valence-corrected chi connectivity index (χ3v) is 16.8. The number of phenols is 1. The third kappa shape index (κ3) is 10.9. The van der Waals surface area contributed by atoms with Crippen molar-refractivity contribution in [3.63, 3.8) is 0 Å². The smallest absolute Gasteiger partial charge is 0.308 e. The molecule has 0 aromatic heterocycles. The Morgan fingerprint density at radius 1 is 1.01 bits per heavy atom. The average molecular weight is 1110 g/mol. The summed E-state index contributed by atoms with van der Waals surface area (Å²) in [5.74, 6) is -0.916.